The molecule has 0 saturated carbocycles. The Morgan fingerprint density at radius 3 is 2.45 bits per heavy atom. The van der Waals surface area contributed by atoms with Crippen LogP contribution in [0.25, 0.3) is 11.1 Å². The van der Waals surface area contributed by atoms with Crippen molar-refractivity contribution in [2.75, 3.05) is 12.3 Å². The number of benzene rings is 1. The molecule has 1 aromatic carbocycles. The van der Waals surface area contributed by atoms with Gasteiger partial charge in [-0.25, -0.2) is 0 Å². The number of pyridine rings is 1. The monoisotopic (exact) mass is 332 g/mol. The Balaban J connectivity index is 2.89. The summed E-state index contributed by atoms with van der Waals surface area (Å²) in [7, 11) is 0. The number of aromatic nitrogens is 1. The van der Waals surface area contributed by atoms with Gasteiger partial charge in [0.1, 0.15) is 29.1 Å². The Kier molecular flexibility index (Phi) is 4.72. The molecule has 0 atom stereocenters. The maximum absolute atomic E-state index is 9.45. The average molecular weight is 333 g/mol. The average Bonchev–Trinajstić information content (AvgIpc) is 2.47. The largest absolute Gasteiger partial charge is 0.477 e. The highest BCUT2D eigenvalue weighted by atomic mass is 35.5. The predicted molar refractivity (Wildman–Crippen MR) is 84.7 cm³/mol. The molecule has 0 fully saturated rings. The van der Waals surface area contributed by atoms with Crippen molar-refractivity contribution >= 4 is 29.0 Å². The Morgan fingerprint density at radius 2 is 1.91 bits per heavy atom. The van der Waals surface area contributed by atoms with Crippen LogP contribution in [0.15, 0.2) is 18.2 Å². The molecule has 0 amide bonds. The lowest BCUT2D eigenvalue weighted by molar-refractivity contribution is 0.326. The van der Waals surface area contributed by atoms with Crippen LogP contribution in [0.5, 0.6) is 5.88 Å². The van der Waals surface area contributed by atoms with E-state index in [1.54, 1.807) is 19.1 Å². The van der Waals surface area contributed by atoms with Gasteiger partial charge < -0.3 is 10.5 Å². The molecule has 0 aliphatic heterocycles. The van der Waals surface area contributed by atoms with Crippen LogP contribution < -0.4 is 10.5 Å². The molecule has 0 spiro atoms. The van der Waals surface area contributed by atoms with Crippen molar-refractivity contribution in [2.45, 2.75) is 6.92 Å². The Bertz CT molecular complexity index is 822. The minimum atomic E-state index is -0.0223. The summed E-state index contributed by atoms with van der Waals surface area (Å²) >= 11 is 12.1. The first-order valence-corrected chi connectivity index (χ1v) is 7.00. The lowest BCUT2D eigenvalue weighted by atomic mass is 9.96. The van der Waals surface area contributed by atoms with Crippen LogP contribution in [-0.4, -0.2) is 11.6 Å². The molecule has 2 rings (SSSR count). The zero-order valence-electron chi connectivity index (χ0n) is 11.5. The van der Waals surface area contributed by atoms with Gasteiger partial charge in [0.15, 0.2) is 0 Å². The van der Waals surface area contributed by atoms with E-state index in [1.807, 2.05) is 12.1 Å². The van der Waals surface area contributed by atoms with E-state index in [-0.39, 0.29) is 22.8 Å². The second-order valence-corrected chi connectivity index (χ2v) is 5.05. The molecule has 110 valence electrons. The number of hydrogen-bond donors (Lipinski definition) is 1. The molecular formula is C15H10Cl2N4O. The molecule has 5 nitrogen and oxygen atoms in total. The summed E-state index contributed by atoms with van der Waals surface area (Å²) in [5.41, 5.74) is 6.75. The number of anilines is 1. The standard InChI is InChI=1S/C15H10Cl2N4O/c1-2-22-15-11(7-19)13(10(6-18)14(20)21-15)9-4-3-8(16)5-12(9)17/h3-5H,2H2,1H3,(H2,20,21). The molecule has 2 aromatic rings. The molecule has 22 heavy (non-hydrogen) atoms. The Hall–Kier alpha value is -2.47. The molecule has 0 aliphatic rings. The minimum Gasteiger partial charge on any atom is -0.477 e. The molecule has 0 unspecified atom stereocenters. The SMILES string of the molecule is CCOc1nc(N)c(C#N)c(-c2ccc(Cl)cc2Cl)c1C#N. The first kappa shape index (κ1) is 15.9. The van der Waals surface area contributed by atoms with Gasteiger partial charge in [-0.3, -0.25) is 0 Å². The Labute approximate surface area is 137 Å². The molecule has 2 N–H and O–H groups in total. The summed E-state index contributed by atoms with van der Waals surface area (Å²) in [6.45, 7) is 2.06. The van der Waals surface area contributed by atoms with Crippen LogP contribution in [0.3, 0.4) is 0 Å². The maximum atomic E-state index is 9.45. The molecular weight excluding hydrogens is 323 g/mol. The van der Waals surface area contributed by atoms with E-state index >= 15 is 0 Å². The van der Waals surface area contributed by atoms with Crippen molar-refractivity contribution < 1.29 is 4.74 Å². The quantitative estimate of drug-likeness (QED) is 0.922. The lowest BCUT2D eigenvalue weighted by Gasteiger charge is -2.14. The Morgan fingerprint density at radius 1 is 1.23 bits per heavy atom. The fraction of sp³-hybridized carbons (Fsp3) is 0.133. The highest BCUT2D eigenvalue weighted by Crippen LogP contribution is 2.39. The summed E-state index contributed by atoms with van der Waals surface area (Å²) < 4.78 is 5.34. The normalized spacial score (nSPS) is 9.86. The van der Waals surface area contributed by atoms with E-state index in [4.69, 9.17) is 33.7 Å². The van der Waals surface area contributed by atoms with Crippen LogP contribution >= 0.6 is 23.2 Å². The first-order chi connectivity index (χ1) is 10.5. The molecule has 0 aliphatic carbocycles. The van der Waals surface area contributed by atoms with Gasteiger partial charge in [0.2, 0.25) is 5.88 Å². The van der Waals surface area contributed by atoms with Crippen LogP contribution in [0.2, 0.25) is 10.0 Å². The first-order valence-electron chi connectivity index (χ1n) is 6.25. The summed E-state index contributed by atoms with van der Waals surface area (Å²) in [5.74, 6) is 0.0495. The fourth-order valence-corrected chi connectivity index (χ4v) is 2.50. The highest BCUT2D eigenvalue weighted by Gasteiger charge is 2.22. The van der Waals surface area contributed by atoms with Crippen LogP contribution in [0.4, 0.5) is 5.82 Å². The summed E-state index contributed by atoms with van der Waals surface area (Å²) in [4.78, 5) is 3.98. The van der Waals surface area contributed by atoms with Crippen LogP contribution in [-0.2, 0) is 0 Å². The summed E-state index contributed by atoms with van der Waals surface area (Å²) in [5, 5.41) is 19.6. The zero-order chi connectivity index (χ0) is 16.3. The van der Waals surface area contributed by atoms with Crippen molar-refractivity contribution in [3.05, 3.63) is 39.4 Å². The second-order valence-electron chi connectivity index (χ2n) is 4.21. The number of ether oxygens (including phenoxy) is 1. The van der Waals surface area contributed by atoms with E-state index < -0.39 is 0 Å². The lowest BCUT2D eigenvalue weighted by Crippen LogP contribution is -2.06. The van der Waals surface area contributed by atoms with Gasteiger partial charge in [-0.05, 0) is 19.1 Å². The van der Waals surface area contributed by atoms with Gasteiger partial charge in [-0.2, -0.15) is 15.5 Å². The predicted octanol–water partition coefficient (Wildman–Crippen LogP) is 3.78. The molecule has 0 bridgehead atoms. The topological polar surface area (TPSA) is 95.7 Å². The van der Waals surface area contributed by atoms with E-state index in [1.165, 1.54) is 6.07 Å². The zero-order valence-corrected chi connectivity index (χ0v) is 13.0. The van der Waals surface area contributed by atoms with Gasteiger partial charge in [0.05, 0.1) is 6.61 Å². The second kappa shape index (κ2) is 6.53. The van der Waals surface area contributed by atoms with Crippen molar-refractivity contribution in [2.24, 2.45) is 0 Å². The van der Waals surface area contributed by atoms with Gasteiger partial charge >= 0.3 is 0 Å². The smallest absolute Gasteiger partial charge is 0.234 e. The third-order valence-corrected chi connectivity index (χ3v) is 3.44. The molecule has 0 saturated heterocycles. The number of hydrogen-bond acceptors (Lipinski definition) is 5. The fourth-order valence-electron chi connectivity index (χ4n) is 2.00. The van der Waals surface area contributed by atoms with Gasteiger partial charge in [0, 0.05) is 21.2 Å². The number of nitrogens with two attached hydrogens (primary N) is 1. The van der Waals surface area contributed by atoms with Crippen molar-refractivity contribution in [3.8, 4) is 29.1 Å². The molecule has 1 aromatic heterocycles. The minimum absolute atomic E-state index is 0.0223. The van der Waals surface area contributed by atoms with Crippen LogP contribution in [0, 0.1) is 22.7 Å². The number of nitrogen functional groups attached to an aromatic ring is 1. The molecule has 1 heterocycles. The number of halogens is 2. The third-order valence-electron chi connectivity index (χ3n) is 2.90. The van der Waals surface area contributed by atoms with E-state index in [0.29, 0.717) is 27.8 Å². The van der Waals surface area contributed by atoms with Gasteiger partial charge in [-0.1, -0.05) is 29.3 Å². The summed E-state index contributed by atoms with van der Waals surface area (Å²) in [6, 6.07) is 8.73. The van der Waals surface area contributed by atoms with Gasteiger partial charge in [-0.15, -0.1) is 0 Å². The highest BCUT2D eigenvalue weighted by molar-refractivity contribution is 6.36. The van der Waals surface area contributed by atoms with E-state index in [9.17, 15) is 10.5 Å². The summed E-state index contributed by atoms with van der Waals surface area (Å²) in [6.07, 6.45) is 0. The van der Waals surface area contributed by atoms with E-state index in [2.05, 4.69) is 4.98 Å². The number of nitriles is 2. The maximum Gasteiger partial charge on any atom is 0.234 e. The third kappa shape index (κ3) is 2.78. The van der Waals surface area contributed by atoms with E-state index in [0.717, 1.165) is 0 Å². The molecule has 7 heteroatoms. The van der Waals surface area contributed by atoms with Gasteiger partial charge in [0.25, 0.3) is 0 Å². The van der Waals surface area contributed by atoms with Crippen molar-refractivity contribution in [1.29, 1.82) is 10.5 Å². The number of rotatable bonds is 3. The number of nitrogens with zero attached hydrogens (tertiary/aromatic N) is 3. The van der Waals surface area contributed by atoms with Crippen LogP contribution in [0.1, 0.15) is 18.1 Å². The molecule has 0 radical (unpaired) electrons. The van der Waals surface area contributed by atoms with Crippen molar-refractivity contribution in [1.82, 2.24) is 4.98 Å². The van der Waals surface area contributed by atoms with Crippen molar-refractivity contribution in [3.63, 3.8) is 0 Å².